The van der Waals surface area contributed by atoms with Gasteiger partial charge >= 0.3 is 5.97 Å². The first-order valence-corrected chi connectivity index (χ1v) is 11.1. The van der Waals surface area contributed by atoms with Crippen LogP contribution in [0.2, 0.25) is 0 Å². The van der Waals surface area contributed by atoms with Crippen molar-refractivity contribution in [1.29, 1.82) is 0 Å². The highest BCUT2D eigenvalue weighted by atomic mass is 16.4. The Morgan fingerprint density at radius 1 is 0.743 bits per heavy atom. The molecule has 0 heterocycles. The lowest BCUT2D eigenvalue weighted by atomic mass is 10.0. The SMILES string of the molecule is CC(O)C(N)C(=O)NC(CCCCN)C(=O)NC(CCC(N)=O)C(=O)NC(CCC(N)=O)C(=O)O. The topological polar surface area (TPSA) is 283 Å². The summed E-state index contributed by atoms with van der Waals surface area (Å²) in [6, 6.07) is -5.33. The molecule has 0 bridgehead atoms. The van der Waals surface area contributed by atoms with Gasteiger partial charge in [-0.05, 0) is 45.6 Å². The van der Waals surface area contributed by atoms with Crippen molar-refractivity contribution < 1.29 is 39.0 Å². The number of aliphatic hydroxyl groups excluding tert-OH is 1. The highest BCUT2D eigenvalue weighted by Gasteiger charge is 2.31. The van der Waals surface area contributed by atoms with Crippen molar-refractivity contribution in [2.24, 2.45) is 22.9 Å². The molecule has 5 atom stereocenters. The number of carbonyl (C=O) groups is 6. The van der Waals surface area contributed by atoms with Gasteiger partial charge in [0.25, 0.3) is 0 Å². The highest BCUT2D eigenvalue weighted by Crippen LogP contribution is 2.06. The van der Waals surface area contributed by atoms with Crippen LogP contribution in [0.4, 0.5) is 0 Å². The Morgan fingerprint density at radius 2 is 1.17 bits per heavy atom. The zero-order chi connectivity index (χ0) is 27.1. The number of carboxylic acids is 1. The number of nitrogens with two attached hydrogens (primary N) is 4. The minimum atomic E-state index is -1.48. The van der Waals surface area contributed by atoms with Crippen LogP contribution in [0, 0.1) is 0 Å². The molecule has 0 aromatic rings. The van der Waals surface area contributed by atoms with E-state index in [0.29, 0.717) is 19.4 Å². The fourth-order valence-electron chi connectivity index (χ4n) is 2.89. The highest BCUT2D eigenvalue weighted by molar-refractivity contribution is 5.94. The molecule has 35 heavy (non-hydrogen) atoms. The maximum absolute atomic E-state index is 12.9. The van der Waals surface area contributed by atoms with E-state index in [2.05, 4.69) is 16.0 Å². The molecule has 0 aliphatic rings. The summed E-state index contributed by atoms with van der Waals surface area (Å²) < 4.78 is 0. The third-order valence-electron chi connectivity index (χ3n) is 5.01. The smallest absolute Gasteiger partial charge is 0.326 e. The van der Waals surface area contributed by atoms with Crippen molar-refractivity contribution >= 4 is 35.5 Å². The van der Waals surface area contributed by atoms with Crippen molar-refractivity contribution in [3.05, 3.63) is 0 Å². The predicted molar refractivity (Wildman–Crippen MR) is 123 cm³/mol. The second-order valence-corrected chi connectivity index (χ2v) is 8.08. The van der Waals surface area contributed by atoms with Gasteiger partial charge in [-0.25, -0.2) is 4.79 Å². The summed E-state index contributed by atoms with van der Waals surface area (Å²) in [6.45, 7) is 1.63. The Balaban J connectivity index is 5.59. The molecule has 0 aromatic carbocycles. The van der Waals surface area contributed by atoms with Crippen molar-refractivity contribution in [2.75, 3.05) is 6.54 Å². The number of carbonyl (C=O) groups excluding carboxylic acids is 5. The molecule has 0 radical (unpaired) electrons. The molecule has 15 nitrogen and oxygen atoms in total. The van der Waals surface area contributed by atoms with E-state index < -0.39 is 65.8 Å². The average Bonchev–Trinajstić information content (AvgIpc) is 2.77. The number of primary amides is 2. The van der Waals surface area contributed by atoms with E-state index in [1.165, 1.54) is 6.92 Å². The molecule has 0 fully saturated rings. The second-order valence-electron chi connectivity index (χ2n) is 8.08. The number of carboxylic acid groups (broad SMARTS) is 1. The van der Waals surface area contributed by atoms with Crippen LogP contribution in [-0.4, -0.2) is 82.5 Å². The zero-order valence-corrected chi connectivity index (χ0v) is 19.7. The molecule has 0 saturated carbocycles. The molecule has 5 unspecified atom stereocenters. The zero-order valence-electron chi connectivity index (χ0n) is 19.7. The normalized spacial score (nSPS) is 15.1. The molecule has 0 saturated heterocycles. The van der Waals surface area contributed by atoms with E-state index in [9.17, 15) is 39.0 Å². The van der Waals surface area contributed by atoms with Gasteiger partial charge in [0.05, 0.1) is 6.10 Å². The fraction of sp³-hybridized carbons (Fsp3) is 0.700. The lowest BCUT2D eigenvalue weighted by Gasteiger charge is -2.25. The number of amides is 5. The van der Waals surface area contributed by atoms with Crippen LogP contribution in [0.3, 0.4) is 0 Å². The van der Waals surface area contributed by atoms with Crippen LogP contribution in [0.1, 0.15) is 51.9 Å². The van der Waals surface area contributed by atoms with E-state index in [1.807, 2.05) is 0 Å². The van der Waals surface area contributed by atoms with E-state index in [1.54, 1.807) is 0 Å². The van der Waals surface area contributed by atoms with Gasteiger partial charge in [0, 0.05) is 12.8 Å². The number of aliphatic hydroxyl groups is 1. The van der Waals surface area contributed by atoms with Crippen LogP contribution in [0.15, 0.2) is 0 Å². The van der Waals surface area contributed by atoms with Gasteiger partial charge in [-0.3, -0.25) is 24.0 Å². The predicted octanol–water partition coefficient (Wildman–Crippen LogP) is -4.11. The summed E-state index contributed by atoms with van der Waals surface area (Å²) in [7, 11) is 0. The van der Waals surface area contributed by atoms with Crippen LogP contribution in [0.5, 0.6) is 0 Å². The van der Waals surface area contributed by atoms with Gasteiger partial charge in [-0.2, -0.15) is 0 Å². The maximum atomic E-state index is 12.9. The summed E-state index contributed by atoms with van der Waals surface area (Å²) >= 11 is 0. The lowest BCUT2D eigenvalue weighted by Crippen LogP contribution is -2.58. The van der Waals surface area contributed by atoms with Gasteiger partial charge < -0.3 is 49.1 Å². The van der Waals surface area contributed by atoms with Gasteiger partial charge in [0.1, 0.15) is 24.2 Å². The van der Waals surface area contributed by atoms with Gasteiger partial charge in [-0.15, -0.1) is 0 Å². The fourth-order valence-corrected chi connectivity index (χ4v) is 2.89. The van der Waals surface area contributed by atoms with Crippen LogP contribution in [-0.2, 0) is 28.8 Å². The van der Waals surface area contributed by atoms with Crippen molar-refractivity contribution in [3.8, 4) is 0 Å². The van der Waals surface area contributed by atoms with Crippen LogP contribution >= 0.6 is 0 Å². The summed E-state index contributed by atoms with van der Waals surface area (Å²) in [4.78, 5) is 71.6. The first-order valence-electron chi connectivity index (χ1n) is 11.1. The molecule has 13 N–H and O–H groups in total. The molecule has 0 aliphatic heterocycles. The Morgan fingerprint density at radius 3 is 1.60 bits per heavy atom. The molecule has 0 rings (SSSR count). The Kier molecular flexibility index (Phi) is 14.8. The summed E-state index contributed by atoms with van der Waals surface area (Å²) in [5.74, 6) is -5.51. The van der Waals surface area contributed by atoms with Crippen LogP contribution < -0.4 is 38.9 Å². The van der Waals surface area contributed by atoms with Gasteiger partial charge in [0.2, 0.25) is 29.5 Å². The Bertz CT molecular complexity index is 762. The first kappa shape index (κ1) is 31.7. The second kappa shape index (κ2) is 16.3. The van der Waals surface area contributed by atoms with E-state index in [4.69, 9.17) is 22.9 Å². The third-order valence-corrected chi connectivity index (χ3v) is 5.01. The molecule has 0 aromatic heterocycles. The number of nitrogens with one attached hydrogen (secondary N) is 3. The summed E-state index contributed by atoms with van der Waals surface area (Å²) in [5, 5.41) is 25.8. The molecule has 15 heteroatoms. The molecule has 200 valence electrons. The third kappa shape index (κ3) is 13.2. The summed E-state index contributed by atoms with van der Waals surface area (Å²) in [5.41, 5.74) is 21.2. The molecule has 5 amide bonds. The first-order chi connectivity index (χ1) is 16.3. The largest absolute Gasteiger partial charge is 0.480 e. The van der Waals surface area contributed by atoms with Gasteiger partial charge in [-0.1, -0.05) is 0 Å². The molecular formula is C20H37N7O8. The van der Waals surface area contributed by atoms with Gasteiger partial charge in [0.15, 0.2) is 0 Å². The Hall–Kier alpha value is -3.30. The van der Waals surface area contributed by atoms with Crippen molar-refractivity contribution in [2.45, 2.75) is 82.1 Å². The standard InChI is InChI=1S/C20H37N7O8/c1-10(28)16(24)19(33)26-11(4-2-3-9-21)17(31)25-12(5-7-14(22)29)18(32)27-13(20(34)35)6-8-15(23)30/h10-13,16,28H,2-9,21,24H2,1H3,(H2,22,29)(H2,23,30)(H,25,31)(H,26,33)(H,27,32)(H,34,35). The average molecular weight is 504 g/mol. The van der Waals surface area contributed by atoms with E-state index >= 15 is 0 Å². The van der Waals surface area contributed by atoms with Crippen molar-refractivity contribution in [1.82, 2.24) is 16.0 Å². The maximum Gasteiger partial charge on any atom is 0.326 e. The van der Waals surface area contributed by atoms with E-state index in [0.717, 1.165) is 0 Å². The monoisotopic (exact) mass is 503 g/mol. The van der Waals surface area contributed by atoms with E-state index in [-0.39, 0.29) is 32.1 Å². The molecule has 0 aliphatic carbocycles. The number of hydrogen-bond donors (Lipinski definition) is 9. The van der Waals surface area contributed by atoms with Crippen LogP contribution in [0.25, 0.3) is 0 Å². The lowest BCUT2D eigenvalue weighted by molar-refractivity contribution is -0.143. The van der Waals surface area contributed by atoms with Crippen molar-refractivity contribution in [3.63, 3.8) is 0 Å². The number of aliphatic carboxylic acids is 1. The summed E-state index contributed by atoms with van der Waals surface area (Å²) in [6.07, 6.45) is -1.26. The molecule has 0 spiro atoms. The minimum absolute atomic E-state index is 0.127. The Labute approximate surface area is 202 Å². The molecular weight excluding hydrogens is 466 g/mol. The quantitative estimate of drug-likeness (QED) is 0.0814. The number of unbranched alkanes of at least 4 members (excludes halogenated alkanes) is 1. The number of rotatable bonds is 18. The minimum Gasteiger partial charge on any atom is -0.480 e. The number of hydrogen-bond acceptors (Lipinski definition) is 9.